The van der Waals surface area contributed by atoms with Crippen LogP contribution in [0, 0.1) is 0 Å². The molecule has 0 aliphatic heterocycles. The summed E-state index contributed by atoms with van der Waals surface area (Å²) in [6.45, 7) is 0. The molecule has 0 aliphatic rings. The van der Waals surface area contributed by atoms with Gasteiger partial charge in [0.05, 0.1) is 17.0 Å². The molecule has 3 rings (SSSR count). The molecule has 0 aliphatic carbocycles. The lowest BCUT2D eigenvalue weighted by Gasteiger charge is -2.12. The van der Waals surface area contributed by atoms with E-state index in [9.17, 15) is 23.4 Å². The fourth-order valence-corrected chi connectivity index (χ4v) is 2.75. The number of nitrogens with zero attached hydrogens (tertiary/aromatic N) is 3. The van der Waals surface area contributed by atoms with Crippen molar-refractivity contribution in [3.8, 4) is 0 Å². The van der Waals surface area contributed by atoms with Crippen molar-refractivity contribution in [3.63, 3.8) is 0 Å². The number of benzene rings is 2. The third kappa shape index (κ3) is 5.63. The highest BCUT2D eigenvalue weighted by atomic mass is 19.4. The monoisotopic (exact) mass is 427 g/mol. The van der Waals surface area contributed by atoms with E-state index < -0.39 is 11.7 Å². The Labute approximate surface area is 177 Å². The molecule has 8 heteroatoms. The third-order valence-electron chi connectivity index (χ3n) is 4.47. The average Bonchev–Trinajstić information content (AvgIpc) is 2.73. The van der Waals surface area contributed by atoms with E-state index in [1.807, 2.05) is 31.1 Å². The Morgan fingerprint density at radius 2 is 1.26 bits per heavy atom. The van der Waals surface area contributed by atoms with Gasteiger partial charge in [-0.3, -0.25) is 0 Å². The van der Waals surface area contributed by atoms with Gasteiger partial charge in [-0.2, -0.15) is 13.2 Å². The lowest BCUT2D eigenvalue weighted by molar-refractivity contribution is -0.137. The van der Waals surface area contributed by atoms with E-state index in [2.05, 4.69) is 9.97 Å². The van der Waals surface area contributed by atoms with Gasteiger partial charge in [-0.15, -0.1) is 0 Å². The molecular weight excluding hydrogens is 407 g/mol. The first kappa shape index (κ1) is 21.9. The van der Waals surface area contributed by atoms with Gasteiger partial charge in [-0.25, -0.2) is 9.97 Å². The van der Waals surface area contributed by atoms with Crippen LogP contribution in [-0.4, -0.2) is 34.3 Å². The summed E-state index contributed by atoms with van der Waals surface area (Å²) in [4.78, 5) is 10.0. The number of aromatic nitrogens is 2. The molecule has 2 aromatic carbocycles. The second-order valence-electron chi connectivity index (χ2n) is 6.94. The normalized spacial score (nSPS) is 12.7. The highest BCUT2D eigenvalue weighted by Crippen LogP contribution is 2.30. The number of aliphatic hydroxyl groups is 2. The molecule has 160 valence electrons. The van der Waals surface area contributed by atoms with E-state index >= 15 is 0 Å². The Morgan fingerprint density at radius 1 is 0.806 bits per heavy atom. The van der Waals surface area contributed by atoms with Crippen LogP contribution < -0.4 is 4.90 Å². The predicted octanol–water partition coefficient (Wildman–Crippen LogP) is 5.67. The van der Waals surface area contributed by atoms with E-state index in [0.29, 0.717) is 17.0 Å². The molecule has 0 saturated carbocycles. The van der Waals surface area contributed by atoms with Crippen LogP contribution >= 0.6 is 0 Å². The van der Waals surface area contributed by atoms with E-state index in [1.54, 1.807) is 12.1 Å². The van der Waals surface area contributed by atoms with E-state index in [1.165, 1.54) is 36.7 Å². The quantitative estimate of drug-likeness (QED) is 0.513. The van der Waals surface area contributed by atoms with E-state index in [-0.39, 0.29) is 17.1 Å². The van der Waals surface area contributed by atoms with Crippen molar-refractivity contribution in [1.29, 1.82) is 0 Å². The van der Waals surface area contributed by atoms with Gasteiger partial charge in [0.2, 0.25) is 0 Å². The Bertz CT molecular complexity index is 1100. The first-order valence-electron chi connectivity index (χ1n) is 9.22. The molecule has 0 radical (unpaired) electrons. The minimum Gasteiger partial charge on any atom is -0.507 e. The lowest BCUT2D eigenvalue weighted by Crippen LogP contribution is -2.08. The fraction of sp³-hybridized carbons (Fsp3) is 0.130. The summed E-state index contributed by atoms with van der Waals surface area (Å²) >= 11 is 0. The van der Waals surface area contributed by atoms with Gasteiger partial charge < -0.3 is 15.1 Å². The first-order valence-corrected chi connectivity index (χ1v) is 9.22. The van der Waals surface area contributed by atoms with Gasteiger partial charge in [-0.05, 0) is 42.5 Å². The molecule has 0 saturated heterocycles. The zero-order chi connectivity index (χ0) is 22.6. The zero-order valence-corrected chi connectivity index (χ0v) is 16.8. The average molecular weight is 427 g/mol. The van der Waals surface area contributed by atoms with Crippen molar-refractivity contribution in [3.05, 3.63) is 89.0 Å². The molecule has 31 heavy (non-hydrogen) atoms. The van der Waals surface area contributed by atoms with Gasteiger partial charge in [0, 0.05) is 43.1 Å². The Kier molecular flexibility index (Phi) is 6.29. The van der Waals surface area contributed by atoms with Crippen LogP contribution in [0.3, 0.4) is 0 Å². The lowest BCUT2D eigenvalue weighted by atomic mass is 10.1. The van der Waals surface area contributed by atoms with Gasteiger partial charge in [0.15, 0.2) is 0 Å². The van der Waals surface area contributed by atoms with Gasteiger partial charge >= 0.3 is 6.18 Å². The second-order valence-corrected chi connectivity index (χ2v) is 6.94. The van der Waals surface area contributed by atoms with Gasteiger partial charge in [0.25, 0.3) is 0 Å². The van der Waals surface area contributed by atoms with E-state index in [4.69, 9.17) is 0 Å². The number of halogens is 3. The number of rotatable bonds is 5. The molecule has 0 unspecified atom stereocenters. The molecule has 0 atom stereocenters. The van der Waals surface area contributed by atoms with Crippen LogP contribution in [0.15, 0.2) is 60.9 Å². The molecule has 5 nitrogen and oxygen atoms in total. The van der Waals surface area contributed by atoms with Gasteiger partial charge in [0.1, 0.15) is 17.8 Å². The van der Waals surface area contributed by atoms with Crippen LogP contribution in [0.2, 0.25) is 0 Å². The summed E-state index contributed by atoms with van der Waals surface area (Å²) in [6, 6.07) is 13.0. The summed E-state index contributed by atoms with van der Waals surface area (Å²) in [5, 5.41) is 20.6. The number of alkyl halides is 3. The summed E-state index contributed by atoms with van der Waals surface area (Å²) in [5.74, 6) is -0.239. The highest BCUT2D eigenvalue weighted by molar-refractivity contribution is 5.78. The number of hydrogen-bond acceptors (Lipinski definition) is 5. The maximum atomic E-state index is 12.7. The Balaban J connectivity index is 1.81. The predicted molar refractivity (Wildman–Crippen MR) is 115 cm³/mol. The van der Waals surface area contributed by atoms with Crippen LogP contribution in [0.5, 0.6) is 0 Å². The van der Waals surface area contributed by atoms with Crippen molar-refractivity contribution in [2.24, 2.45) is 0 Å². The molecule has 1 heterocycles. The summed E-state index contributed by atoms with van der Waals surface area (Å²) in [6.07, 6.45) is -0.413. The second kappa shape index (κ2) is 8.91. The SMILES string of the molecule is CN(C)c1ccc(/C(O)=C/c2cc(/C=C(\O)c3ccc(C(F)(F)F)cc3)ncn2)cc1. The summed E-state index contributed by atoms with van der Waals surface area (Å²) < 4.78 is 38.0. The maximum absolute atomic E-state index is 12.7. The van der Waals surface area contributed by atoms with Crippen molar-refractivity contribution < 1.29 is 23.4 Å². The molecule has 1 aromatic heterocycles. The number of anilines is 1. The third-order valence-corrected chi connectivity index (χ3v) is 4.47. The first-order chi connectivity index (χ1) is 14.6. The molecule has 0 spiro atoms. The number of aliphatic hydroxyl groups excluding tert-OH is 2. The highest BCUT2D eigenvalue weighted by Gasteiger charge is 2.30. The van der Waals surface area contributed by atoms with Crippen LogP contribution in [0.25, 0.3) is 23.7 Å². The molecule has 0 bridgehead atoms. The standard InChI is InChI=1S/C23H20F3N3O2/c1-29(2)20-9-5-16(6-10-20)22(31)13-19-11-18(27-14-28-19)12-21(30)15-3-7-17(8-4-15)23(24,25)26/h3-14,30-31H,1-2H3/b21-12-,22-13-. The van der Waals surface area contributed by atoms with Crippen molar-refractivity contribution in [2.75, 3.05) is 19.0 Å². The van der Waals surface area contributed by atoms with Crippen molar-refractivity contribution in [2.45, 2.75) is 6.18 Å². The fourth-order valence-electron chi connectivity index (χ4n) is 2.75. The number of hydrogen-bond donors (Lipinski definition) is 2. The maximum Gasteiger partial charge on any atom is 0.416 e. The Hall–Kier alpha value is -3.81. The van der Waals surface area contributed by atoms with Crippen LogP contribution in [-0.2, 0) is 6.18 Å². The molecule has 0 fully saturated rings. The van der Waals surface area contributed by atoms with Crippen LogP contribution in [0.1, 0.15) is 28.1 Å². The van der Waals surface area contributed by atoms with Gasteiger partial charge in [-0.1, -0.05) is 12.1 Å². The topological polar surface area (TPSA) is 69.5 Å². The molecular formula is C23H20F3N3O2. The summed E-state index contributed by atoms with van der Waals surface area (Å²) in [5.41, 5.74) is 1.74. The van der Waals surface area contributed by atoms with Crippen molar-refractivity contribution in [1.82, 2.24) is 9.97 Å². The van der Waals surface area contributed by atoms with Crippen LogP contribution in [0.4, 0.5) is 18.9 Å². The molecule has 2 N–H and O–H groups in total. The minimum absolute atomic E-state index is 0.00546. The zero-order valence-electron chi connectivity index (χ0n) is 16.8. The summed E-state index contributed by atoms with van der Waals surface area (Å²) in [7, 11) is 3.83. The van der Waals surface area contributed by atoms with E-state index in [0.717, 1.165) is 17.8 Å². The smallest absolute Gasteiger partial charge is 0.416 e. The largest absolute Gasteiger partial charge is 0.507 e. The Morgan fingerprint density at radius 3 is 1.68 bits per heavy atom. The molecule has 3 aromatic rings. The minimum atomic E-state index is -4.44. The molecule has 0 amide bonds. The van der Waals surface area contributed by atoms with Crippen molar-refractivity contribution >= 4 is 29.4 Å².